The van der Waals surface area contributed by atoms with Crippen molar-refractivity contribution in [3.8, 4) is 0 Å². The minimum absolute atomic E-state index is 0.0402. The summed E-state index contributed by atoms with van der Waals surface area (Å²) in [4.78, 5) is 37.0. The van der Waals surface area contributed by atoms with E-state index in [0.717, 1.165) is 0 Å². The number of nitrogens with one attached hydrogen (secondary N) is 3. The van der Waals surface area contributed by atoms with Crippen molar-refractivity contribution in [1.29, 1.82) is 0 Å². The second-order valence-corrected chi connectivity index (χ2v) is 6.46. The van der Waals surface area contributed by atoms with Crippen LogP contribution < -0.4 is 16.2 Å². The van der Waals surface area contributed by atoms with Gasteiger partial charge >= 0.3 is 0 Å². The largest absolute Gasteiger partial charge is 0.459 e. The standard InChI is InChI=1S/C20H13ClN4O4/c21-11-7-8-14(15(10-11)23-19(27)16-6-3-9-29-16)22-20(28)17-12-4-1-2-5-13(12)18(26)25-24-17/h1-10H,(H,22,28)(H,23,27)(H,25,26). The van der Waals surface area contributed by atoms with Gasteiger partial charge in [-0.1, -0.05) is 29.8 Å². The SMILES string of the molecule is O=C(Nc1cc(Cl)ccc1NC(=O)c1n[nH]c(=O)c2ccccc12)c1ccco1. The monoisotopic (exact) mass is 408 g/mol. The molecule has 0 saturated carbocycles. The number of rotatable bonds is 4. The van der Waals surface area contributed by atoms with E-state index in [-0.39, 0.29) is 17.1 Å². The van der Waals surface area contributed by atoms with Crippen molar-refractivity contribution in [2.24, 2.45) is 0 Å². The van der Waals surface area contributed by atoms with Crippen molar-refractivity contribution in [2.45, 2.75) is 0 Å². The van der Waals surface area contributed by atoms with Gasteiger partial charge in [0.1, 0.15) is 0 Å². The average Bonchev–Trinajstić information content (AvgIpc) is 3.25. The van der Waals surface area contributed by atoms with Crippen LogP contribution in [0, 0.1) is 0 Å². The summed E-state index contributed by atoms with van der Waals surface area (Å²) in [6, 6.07) is 14.3. The number of benzene rings is 2. The molecule has 0 fully saturated rings. The summed E-state index contributed by atoms with van der Waals surface area (Å²) < 4.78 is 5.07. The summed E-state index contributed by atoms with van der Waals surface area (Å²) in [5, 5.41) is 12.6. The van der Waals surface area contributed by atoms with E-state index >= 15 is 0 Å². The molecule has 2 aromatic carbocycles. The molecule has 3 N–H and O–H groups in total. The smallest absolute Gasteiger partial charge is 0.291 e. The number of aromatic nitrogens is 2. The van der Waals surface area contributed by atoms with Crippen LogP contribution in [0.3, 0.4) is 0 Å². The minimum atomic E-state index is -0.562. The highest BCUT2D eigenvalue weighted by atomic mass is 35.5. The van der Waals surface area contributed by atoms with Crippen molar-refractivity contribution in [3.05, 3.63) is 87.7 Å². The van der Waals surface area contributed by atoms with Crippen molar-refractivity contribution in [2.75, 3.05) is 10.6 Å². The molecule has 4 aromatic rings. The van der Waals surface area contributed by atoms with Crippen molar-refractivity contribution >= 4 is 45.6 Å². The van der Waals surface area contributed by atoms with E-state index < -0.39 is 17.4 Å². The quantitative estimate of drug-likeness (QED) is 0.476. The van der Waals surface area contributed by atoms with Crippen LogP contribution in [0.2, 0.25) is 5.02 Å². The maximum Gasteiger partial charge on any atom is 0.291 e. The van der Waals surface area contributed by atoms with E-state index in [2.05, 4.69) is 20.8 Å². The first-order valence-electron chi connectivity index (χ1n) is 8.46. The molecule has 29 heavy (non-hydrogen) atoms. The minimum Gasteiger partial charge on any atom is -0.459 e. The molecule has 9 heteroatoms. The Balaban J connectivity index is 1.66. The molecule has 0 aliphatic carbocycles. The van der Waals surface area contributed by atoms with Gasteiger partial charge in [-0.15, -0.1) is 0 Å². The Morgan fingerprint density at radius 2 is 1.69 bits per heavy atom. The topological polar surface area (TPSA) is 117 Å². The summed E-state index contributed by atoms with van der Waals surface area (Å²) in [6.45, 7) is 0. The Labute approximate surface area is 168 Å². The number of fused-ring (bicyclic) bond motifs is 1. The van der Waals surface area contributed by atoms with E-state index in [4.69, 9.17) is 16.0 Å². The van der Waals surface area contributed by atoms with Gasteiger partial charge in [0.2, 0.25) is 0 Å². The highest BCUT2D eigenvalue weighted by molar-refractivity contribution is 6.31. The van der Waals surface area contributed by atoms with Crippen LogP contribution >= 0.6 is 11.6 Å². The number of carbonyl (C=O) groups is 2. The van der Waals surface area contributed by atoms with Gasteiger partial charge in [-0.2, -0.15) is 5.10 Å². The second-order valence-electron chi connectivity index (χ2n) is 6.02. The molecular formula is C20H13ClN4O4. The molecule has 0 saturated heterocycles. The van der Waals surface area contributed by atoms with Gasteiger partial charge in [-0.25, -0.2) is 5.10 Å². The molecule has 0 spiro atoms. The molecule has 4 rings (SSSR count). The number of aromatic amines is 1. The lowest BCUT2D eigenvalue weighted by molar-refractivity contribution is 0.0992. The van der Waals surface area contributed by atoms with Crippen LogP contribution in [0.25, 0.3) is 10.8 Å². The lowest BCUT2D eigenvalue weighted by atomic mass is 10.1. The van der Waals surface area contributed by atoms with Gasteiger partial charge in [0.15, 0.2) is 11.5 Å². The Morgan fingerprint density at radius 3 is 2.45 bits per heavy atom. The predicted octanol–water partition coefficient (Wildman–Crippen LogP) is 3.67. The normalized spacial score (nSPS) is 10.7. The number of carbonyl (C=O) groups excluding carboxylic acids is 2. The van der Waals surface area contributed by atoms with E-state index in [9.17, 15) is 14.4 Å². The number of H-pyrrole nitrogens is 1. The molecule has 0 aliphatic heterocycles. The zero-order valence-electron chi connectivity index (χ0n) is 14.7. The zero-order chi connectivity index (χ0) is 20.4. The maximum atomic E-state index is 12.8. The Kier molecular flexibility index (Phi) is 4.84. The van der Waals surface area contributed by atoms with Gasteiger partial charge in [-0.3, -0.25) is 14.4 Å². The highest BCUT2D eigenvalue weighted by Crippen LogP contribution is 2.27. The van der Waals surface area contributed by atoms with Gasteiger partial charge < -0.3 is 15.1 Å². The maximum absolute atomic E-state index is 12.8. The summed E-state index contributed by atoms with van der Waals surface area (Å²) >= 11 is 6.03. The van der Waals surface area contributed by atoms with Crippen LogP contribution in [0.15, 0.2) is 70.1 Å². The van der Waals surface area contributed by atoms with Crippen molar-refractivity contribution < 1.29 is 14.0 Å². The summed E-state index contributed by atoms with van der Waals surface area (Å²) in [7, 11) is 0. The van der Waals surface area contributed by atoms with E-state index in [1.165, 1.54) is 18.4 Å². The third kappa shape index (κ3) is 3.74. The molecule has 2 aromatic heterocycles. The van der Waals surface area contributed by atoms with E-state index in [1.807, 2.05) is 0 Å². The Morgan fingerprint density at radius 1 is 0.931 bits per heavy atom. The molecule has 144 valence electrons. The van der Waals surface area contributed by atoms with Crippen LogP contribution in [0.1, 0.15) is 21.0 Å². The van der Waals surface area contributed by atoms with Gasteiger partial charge in [-0.05, 0) is 36.4 Å². The molecule has 0 atom stereocenters. The number of hydrogen-bond acceptors (Lipinski definition) is 5. The van der Waals surface area contributed by atoms with E-state index in [1.54, 1.807) is 42.5 Å². The third-order valence-electron chi connectivity index (χ3n) is 4.13. The summed E-state index contributed by atoms with van der Waals surface area (Å²) in [6.07, 6.45) is 1.38. The molecule has 0 aliphatic rings. The summed E-state index contributed by atoms with van der Waals surface area (Å²) in [5.41, 5.74) is 0.228. The van der Waals surface area contributed by atoms with Crippen LogP contribution in [-0.4, -0.2) is 22.0 Å². The number of hydrogen-bond donors (Lipinski definition) is 3. The zero-order valence-corrected chi connectivity index (χ0v) is 15.5. The fourth-order valence-electron chi connectivity index (χ4n) is 2.79. The van der Waals surface area contributed by atoms with Crippen LogP contribution in [0.5, 0.6) is 0 Å². The molecule has 0 bridgehead atoms. The van der Waals surface area contributed by atoms with Crippen LogP contribution in [0.4, 0.5) is 11.4 Å². The Bertz CT molecular complexity index is 1280. The number of nitrogens with zero attached hydrogens (tertiary/aromatic N) is 1. The van der Waals surface area contributed by atoms with Crippen molar-refractivity contribution in [1.82, 2.24) is 10.2 Å². The number of amides is 2. The first-order chi connectivity index (χ1) is 14.0. The molecule has 2 amide bonds. The van der Waals surface area contributed by atoms with E-state index in [0.29, 0.717) is 21.5 Å². The van der Waals surface area contributed by atoms with Gasteiger partial charge in [0.05, 0.1) is 23.0 Å². The number of halogens is 1. The molecule has 8 nitrogen and oxygen atoms in total. The number of anilines is 2. The van der Waals surface area contributed by atoms with Crippen molar-refractivity contribution in [3.63, 3.8) is 0 Å². The first kappa shape index (κ1) is 18.5. The lowest BCUT2D eigenvalue weighted by Crippen LogP contribution is -2.20. The predicted molar refractivity (Wildman–Crippen MR) is 108 cm³/mol. The number of furan rings is 1. The molecular weight excluding hydrogens is 396 g/mol. The Hall–Kier alpha value is -3.91. The fraction of sp³-hybridized carbons (Fsp3) is 0. The second kappa shape index (κ2) is 7.61. The van der Waals surface area contributed by atoms with Gasteiger partial charge in [0, 0.05) is 10.4 Å². The van der Waals surface area contributed by atoms with Crippen LogP contribution in [-0.2, 0) is 0 Å². The third-order valence-corrected chi connectivity index (χ3v) is 4.37. The summed E-state index contributed by atoms with van der Waals surface area (Å²) in [5.74, 6) is -0.954. The first-order valence-corrected chi connectivity index (χ1v) is 8.84. The van der Waals surface area contributed by atoms with Gasteiger partial charge in [0.25, 0.3) is 17.4 Å². The molecule has 0 radical (unpaired) electrons. The lowest BCUT2D eigenvalue weighted by Gasteiger charge is -2.12. The fourth-order valence-corrected chi connectivity index (χ4v) is 2.96. The average molecular weight is 409 g/mol. The highest BCUT2D eigenvalue weighted by Gasteiger charge is 2.17. The molecule has 2 heterocycles. The molecule has 0 unspecified atom stereocenters.